The highest BCUT2D eigenvalue weighted by Crippen LogP contribution is 2.29. The Bertz CT molecular complexity index is 596. The van der Waals surface area contributed by atoms with Crippen LogP contribution in [0.5, 0.6) is 5.75 Å². The van der Waals surface area contributed by atoms with Crippen LogP contribution in [0.1, 0.15) is 18.9 Å². The molecular formula is C16H18F3NO. The van der Waals surface area contributed by atoms with Gasteiger partial charge in [-0.25, -0.2) is 0 Å². The highest BCUT2D eigenvalue weighted by atomic mass is 19.4. The van der Waals surface area contributed by atoms with Crippen LogP contribution in [-0.2, 0) is 6.54 Å². The van der Waals surface area contributed by atoms with E-state index in [4.69, 9.17) is 4.74 Å². The summed E-state index contributed by atoms with van der Waals surface area (Å²) < 4.78 is 42.0. The average Bonchev–Trinajstić information content (AvgIpc) is 2.45. The Balaban J connectivity index is 2.31. The molecule has 0 aromatic heterocycles. The predicted molar refractivity (Wildman–Crippen MR) is 77.5 cm³/mol. The number of benzene rings is 2. The SMILES string of the molecule is CCCNCc1c(OCC(F)(F)F)ccc2ccccc12. The Kier molecular flexibility index (Phi) is 5.07. The second-order valence-corrected chi connectivity index (χ2v) is 4.84. The molecule has 0 saturated heterocycles. The Morgan fingerprint density at radius 1 is 1.10 bits per heavy atom. The van der Waals surface area contributed by atoms with Gasteiger partial charge in [0.2, 0.25) is 0 Å². The monoisotopic (exact) mass is 297 g/mol. The minimum atomic E-state index is -4.33. The van der Waals surface area contributed by atoms with Crippen molar-refractivity contribution in [2.75, 3.05) is 13.2 Å². The zero-order valence-electron chi connectivity index (χ0n) is 11.8. The maximum Gasteiger partial charge on any atom is 0.422 e. The van der Waals surface area contributed by atoms with Crippen molar-refractivity contribution in [2.45, 2.75) is 26.1 Å². The van der Waals surface area contributed by atoms with E-state index in [0.29, 0.717) is 6.54 Å². The Labute approximate surface area is 121 Å². The Hall–Kier alpha value is -1.75. The summed E-state index contributed by atoms with van der Waals surface area (Å²) in [5, 5.41) is 5.13. The first kappa shape index (κ1) is 15.6. The number of hydrogen-bond acceptors (Lipinski definition) is 2. The van der Waals surface area contributed by atoms with E-state index in [0.717, 1.165) is 29.3 Å². The van der Waals surface area contributed by atoms with E-state index in [1.807, 2.05) is 31.2 Å². The molecule has 2 rings (SSSR count). The zero-order valence-corrected chi connectivity index (χ0v) is 11.8. The van der Waals surface area contributed by atoms with Crippen LogP contribution in [0.4, 0.5) is 13.2 Å². The third-order valence-electron chi connectivity index (χ3n) is 3.12. The van der Waals surface area contributed by atoms with Crippen LogP contribution >= 0.6 is 0 Å². The molecule has 0 aliphatic rings. The number of fused-ring (bicyclic) bond motifs is 1. The lowest BCUT2D eigenvalue weighted by molar-refractivity contribution is -0.153. The lowest BCUT2D eigenvalue weighted by atomic mass is 10.0. The van der Waals surface area contributed by atoms with E-state index in [-0.39, 0.29) is 5.75 Å². The summed E-state index contributed by atoms with van der Waals surface area (Å²) in [6, 6.07) is 11.0. The van der Waals surface area contributed by atoms with Gasteiger partial charge in [0.25, 0.3) is 0 Å². The van der Waals surface area contributed by atoms with Crippen molar-refractivity contribution in [2.24, 2.45) is 0 Å². The van der Waals surface area contributed by atoms with Gasteiger partial charge in [-0.3, -0.25) is 0 Å². The summed E-state index contributed by atoms with van der Waals surface area (Å²) in [5.74, 6) is 0.287. The van der Waals surface area contributed by atoms with E-state index < -0.39 is 12.8 Å². The molecule has 0 amide bonds. The molecule has 2 nitrogen and oxygen atoms in total. The third kappa shape index (κ3) is 4.36. The summed E-state index contributed by atoms with van der Waals surface area (Å²) >= 11 is 0. The minimum Gasteiger partial charge on any atom is -0.484 e. The van der Waals surface area contributed by atoms with Crippen LogP contribution in [0.2, 0.25) is 0 Å². The topological polar surface area (TPSA) is 21.3 Å². The molecule has 0 bridgehead atoms. The molecule has 114 valence electrons. The highest BCUT2D eigenvalue weighted by molar-refractivity contribution is 5.87. The number of hydrogen-bond donors (Lipinski definition) is 1. The third-order valence-corrected chi connectivity index (χ3v) is 3.12. The number of alkyl halides is 3. The standard InChI is InChI=1S/C16H18F3NO/c1-2-9-20-10-14-13-6-4-3-5-12(13)7-8-15(14)21-11-16(17,18)19/h3-8,20H,2,9-11H2,1H3. The molecule has 0 spiro atoms. The molecule has 21 heavy (non-hydrogen) atoms. The molecule has 5 heteroatoms. The van der Waals surface area contributed by atoms with Crippen molar-refractivity contribution in [1.29, 1.82) is 0 Å². The smallest absolute Gasteiger partial charge is 0.422 e. The summed E-state index contributed by atoms with van der Waals surface area (Å²) in [7, 11) is 0. The highest BCUT2D eigenvalue weighted by Gasteiger charge is 2.28. The van der Waals surface area contributed by atoms with Gasteiger partial charge in [-0.05, 0) is 29.8 Å². The van der Waals surface area contributed by atoms with Crippen LogP contribution in [0.25, 0.3) is 10.8 Å². The molecule has 0 radical (unpaired) electrons. The van der Waals surface area contributed by atoms with Gasteiger partial charge in [0, 0.05) is 12.1 Å². The van der Waals surface area contributed by atoms with Gasteiger partial charge >= 0.3 is 6.18 Å². The van der Waals surface area contributed by atoms with Gasteiger partial charge < -0.3 is 10.1 Å². The Morgan fingerprint density at radius 2 is 1.86 bits per heavy atom. The molecule has 0 heterocycles. The average molecular weight is 297 g/mol. The summed E-state index contributed by atoms with van der Waals surface area (Å²) in [4.78, 5) is 0. The van der Waals surface area contributed by atoms with Gasteiger partial charge in [0.05, 0.1) is 0 Å². The number of nitrogens with one attached hydrogen (secondary N) is 1. The second-order valence-electron chi connectivity index (χ2n) is 4.84. The summed E-state index contributed by atoms with van der Waals surface area (Å²) in [5.41, 5.74) is 0.769. The Morgan fingerprint density at radius 3 is 2.57 bits per heavy atom. The second kappa shape index (κ2) is 6.80. The van der Waals surface area contributed by atoms with Gasteiger partial charge in [-0.2, -0.15) is 13.2 Å². The van der Waals surface area contributed by atoms with E-state index in [1.165, 1.54) is 0 Å². The van der Waals surface area contributed by atoms with Gasteiger partial charge in [-0.15, -0.1) is 0 Å². The molecule has 0 saturated carbocycles. The molecule has 2 aromatic rings. The fourth-order valence-corrected chi connectivity index (χ4v) is 2.18. The molecule has 0 unspecified atom stereocenters. The number of ether oxygens (including phenoxy) is 1. The number of halogens is 3. The first-order valence-electron chi connectivity index (χ1n) is 6.92. The molecule has 0 atom stereocenters. The molecule has 0 aliphatic heterocycles. The summed E-state index contributed by atoms with van der Waals surface area (Å²) in [6.07, 6.45) is -3.37. The molecule has 2 aromatic carbocycles. The molecule has 0 fully saturated rings. The minimum absolute atomic E-state index is 0.287. The van der Waals surface area contributed by atoms with Crippen molar-refractivity contribution in [3.63, 3.8) is 0 Å². The van der Waals surface area contributed by atoms with Crippen LogP contribution in [-0.4, -0.2) is 19.3 Å². The van der Waals surface area contributed by atoms with Crippen molar-refractivity contribution in [1.82, 2.24) is 5.32 Å². The first-order valence-corrected chi connectivity index (χ1v) is 6.92. The lowest BCUT2D eigenvalue weighted by Gasteiger charge is -2.16. The summed E-state index contributed by atoms with van der Waals surface area (Å²) in [6.45, 7) is 2.06. The van der Waals surface area contributed by atoms with E-state index in [1.54, 1.807) is 12.1 Å². The van der Waals surface area contributed by atoms with Crippen LogP contribution in [0.15, 0.2) is 36.4 Å². The van der Waals surface area contributed by atoms with Crippen molar-refractivity contribution >= 4 is 10.8 Å². The van der Waals surface area contributed by atoms with Gasteiger partial charge in [0.15, 0.2) is 6.61 Å². The van der Waals surface area contributed by atoms with Gasteiger partial charge in [-0.1, -0.05) is 37.3 Å². The van der Waals surface area contributed by atoms with Crippen molar-refractivity contribution in [3.8, 4) is 5.75 Å². The first-order chi connectivity index (χ1) is 10.0. The number of rotatable bonds is 6. The van der Waals surface area contributed by atoms with E-state index in [2.05, 4.69) is 5.32 Å². The largest absolute Gasteiger partial charge is 0.484 e. The normalized spacial score (nSPS) is 11.8. The predicted octanol–water partition coefficient (Wildman–Crippen LogP) is 4.28. The van der Waals surface area contributed by atoms with Crippen LogP contribution < -0.4 is 10.1 Å². The quantitative estimate of drug-likeness (QED) is 0.804. The zero-order chi connectivity index (χ0) is 15.3. The van der Waals surface area contributed by atoms with Crippen molar-refractivity contribution < 1.29 is 17.9 Å². The molecule has 0 aliphatic carbocycles. The fourth-order valence-electron chi connectivity index (χ4n) is 2.18. The van der Waals surface area contributed by atoms with Crippen LogP contribution in [0, 0.1) is 0 Å². The van der Waals surface area contributed by atoms with Gasteiger partial charge in [0.1, 0.15) is 5.75 Å². The lowest BCUT2D eigenvalue weighted by Crippen LogP contribution is -2.21. The van der Waals surface area contributed by atoms with E-state index >= 15 is 0 Å². The molecular weight excluding hydrogens is 279 g/mol. The van der Waals surface area contributed by atoms with E-state index in [9.17, 15) is 13.2 Å². The molecule has 1 N–H and O–H groups in total. The maximum atomic E-state index is 12.4. The van der Waals surface area contributed by atoms with Crippen LogP contribution in [0.3, 0.4) is 0 Å². The maximum absolute atomic E-state index is 12.4. The van der Waals surface area contributed by atoms with Crippen molar-refractivity contribution in [3.05, 3.63) is 42.0 Å². The fraction of sp³-hybridized carbons (Fsp3) is 0.375.